The Balaban J connectivity index is 1.79. The van der Waals surface area contributed by atoms with E-state index in [0.717, 1.165) is 24.6 Å². The van der Waals surface area contributed by atoms with Crippen molar-refractivity contribution in [1.29, 1.82) is 0 Å². The van der Waals surface area contributed by atoms with Crippen LogP contribution in [0.15, 0.2) is 58.3 Å². The van der Waals surface area contributed by atoms with Crippen molar-refractivity contribution < 1.29 is 18.0 Å². The van der Waals surface area contributed by atoms with Gasteiger partial charge in [-0.15, -0.1) is 0 Å². The Bertz CT molecular complexity index is 1000. The van der Waals surface area contributed by atoms with Crippen molar-refractivity contribution in [1.82, 2.24) is 9.62 Å². The Morgan fingerprint density at radius 3 is 2.46 bits per heavy atom. The Kier molecular flexibility index (Phi) is 6.07. The number of anilines is 1. The van der Waals surface area contributed by atoms with Crippen LogP contribution < -0.4 is 10.0 Å². The summed E-state index contributed by atoms with van der Waals surface area (Å²) in [6.45, 7) is 0. The van der Waals surface area contributed by atoms with E-state index in [1.165, 1.54) is 23.1 Å². The summed E-state index contributed by atoms with van der Waals surface area (Å²) in [5, 5.41) is 2.59. The molecule has 2 aromatic rings. The second kappa shape index (κ2) is 8.34. The zero-order chi connectivity index (χ0) is 20.3. The zero-order valence-corrected chi connectivity index (χ0v) is 17.1. The molecule has 0 spiro atoms. The average molecular weight is 420 g/mol. The summed E-state index contributed by atoms with van der Waals surface area (Å²) in [7, 11) is -0.342. The maximum Gasteiger partial charge on any atom is 0.286 e. The predicted octanol–water partition coefficient (Wildman–Crippen LogP) is 3.15. The topological polar surface area (TPSA) is 95.6 Å². The molecule has 0 unspecified atom stereocenters. The van der Waals surface area contributed by atoms with Crippen LogP contribution in [-0.2, 0) is 10.0 Å². The average Bonchev–Trinajstić information content (AvgIpc) is 3.46. The molecule has 0 bridgehead atoms. The van der Waals surface area contributed by atoms with Gasteiger partial charge in [0.25, 0.3) is 11.1 Å². The molecule has 148 valence electrons. The number of benzene rings is 2. The van der Waals surface area contributed by atoms with Gasteiger partial charge >= 0.3 is 0 Å². The minimum atomic E-state index is -3.64. The van der Waals surface area contributed by atoms with Crippen molar-refractivity contribution in [3.63, 3.8) is 0 Å². The Labute approximate surface area is 168 Å². The number of amides is 2. The number of rotatable bonds is 6. The lowest BCUT2D eigenvalue weighted by Gasteiger charge is -2.13. The van der Waals surface area contributed by atoms with Crippen molar-refractivity contribution in [2.24, 2.45) is 0 Å². The van der Waals surface area contributed by atoms with Gasteiger partial charge in [0.05, 0.1) is 10.6 Å². The van der Waals surface area contributed by atoms with E-state index >= 15 is 0 Å². The van der Waals surface area contributed by atoms with Gasteiger partial charge in [-0.25, -0.2) is 13.1 Å². The number of para-hydroxylation sites is 1. The van der Waals surface area contributed by atoms with E-state index in [4.69, 9.17) is 0 Å². The fourth-order valence-corrected chi connectivity index (χ4v) is 4.43. The predicted molar refractivity (Wildman–Crippen MR) is 109 cm³/mol. The first kappa shape index (κ1) is 20.4. The molecule has 1 aliphatic rings. The van der Waals surface area contributed by atoms with Gasteiger partial charge in [0.1, 0.15) is 0 Å². The number of nitrogens with zero attached hydrogens (tertiary/aromatic N) is 1. The highest BCUT2D eigenvalue weighted by atomic mass is 32.2. The molecule has 0 aliphatic heterocycles. The quantitative estimate of drug-likeness (QED) is 0.702. The summed E-state index contributed by atoms with van der Waals surface area (Å²) in [6.07, 6.45) is 1.67. The van der Waals surface area contributed by atoms with Gasteiger partial charge in [-0.2, -0.15) is 0 Å². The van der Waals surface area contributed by atoms with E-state index in [0.29, 0.717) is 10.6 Å². The molecular formula is C19H21N3O4S2. The van der Waals surface area contributed by atoms with Gasteiger partial charge < -0.3 is 10.2 Å². The molecule has 1 saturated carbocycles. The molecule has 2 amide bonds. The minimum Gasteiger partial charge on any atom is -0.339 e. The van der Waals surface area contributed by atoms with Crippen LogP contribution in [0.1, 0.15) is 23.2 Å². The van der Waals surface area contributed by atoms with E-state index < -0.39 is 15.9 Å². The summed E-state index contributed by atoms with van der Waals surface area (Å²) in [5.74, 6) is -0.450. The van der Waals surface area contributed by atoms with Crippen molar-refractivity contribution >= 4 is 38.6 Å². The van der Waals surface area contributed by atoms with Gasteiger partial charge in [-0.3, -0.25) is 9.59 Å². The van der Waals surface area contributed by atoms with Crippen LogP contribution in [0.2, 0.25) is 0 Å². The second-order valence-electron chi connectivity index (χ2n) is 6.64. The fourth-order valence-electron chi connectivity index (χ4n) is 2.33. The largest absolute Gasteiger partial charge is 0.339 e. The SMILES string of the molecule is CN(C)C(=O)Sc1ccccc1NC(=O)c1cccc(S(=O)(=O)NC2CC2)c1. The maximum atomic E-state index is 12.7. The first-order valence-corrected chi connectivity index (χ1v) is 11.0. The third-order valence-electron chi connectivity index (χ3n) is 4.00. The van der Waals surface area contributed by atoms with Gasteiger partial charge in [0, 0.05) is 30.6 Å². The molecule has 0 radical (unpaired) electrons. The van der Waals surface area contributed by atoms with Crippen molar-refractivity contribution in [2.45, 2.75) is 28.7 Å². The molecule has 1 fully saturated rings. The first-order valence-electron chi connectivity index (χ1n) is 8.68. The monoisotopic (exact) mass is 419 g/mol. The zero-order valence-electron chi connectivity index (χ0n) is 15.5. The molecule has 7 nitrogen and oxygen atoms in total. The molecule has 2 aromatic carbocycles. The van der Waals surface area contributed by atoms with Gasteiger partial charge in [-0.1, -0.05) is 18.2 Å². The number of hydrogen-bond acceptors (Lipinski definition) is 5. The molecule has 9 heteroatoms. The summed E-state index contributed by atoms with van der Waals surface area (Å²) in [5.41, 5.74) is 0.703. The smallest absolute Gasteiger partial charge is 0.286 e. The first-order chi connectivity index (χ1) is 13.3. The van der Waals surface area contributed by atoms with E-state index in [2.05, 4.69) is 10.0 Å². The number of sulfonamides is 1. The molecule has 2 N–H and O–H groups in total. The van der Waals surface area contributed by atoms with E-state index in [1.54, 1.807) is 44.4 Å². The Morgan fingerprint density at radius 2 is 1.79 bits per heavy atom. The van der Waals surface area contributed by atoms with Crippen LogP contribution in [0, 0.1) is 0 Å². The van der Waals surface area contributed by atoms with Crippen LogP contribution >= 0.6 is 11.8 Å². The summed E-state index contributed by atoms with van der Waals surface area (Å²) >= 11 is 1.00. The summed E-state index contributed by atoms with van der Waals surface area (Å²) in [4.78, 5) is 26.7. The number of nitrogens with one attached hydrogen (secondary N) is 2. The van der Waals surface area contributed by atoms with Gasteiger partial charge in [0.15, 0.2) is 0 Å². The summed E-state index contributed by atoms with van der Waals surface area (Å²) in [6, 6.07) is 12.8. The van der Waals surface area contributed by atoms with Crippen molar-refractivity contribution in [3.05, 3.63) is 54.1 Å². The molecule has 1 aliphatic carbocycles. The minimum absolute atomic E-state index is 0.0133. The standard InChI is InChI=1S/C19H21N3O4S2/c1-22(2)19(24)27-17-9-4-3-8-16(17)20-18(23)13-6-5-7-15(12-13)28(25,26)21-14-10-11-14/h3-9,12,14,21H,10-11H2,1-2H3,(H,20,23). The van der Waals surface area contributed by atoms with Crippen molar-refractivity contribution in [3.8, 4) is 0 Å². The molecule has 28 heavy (non-hydrogen) atoms. The van der Waals surface area contributed by atoms with E-state index in [-0.39, 0.29) is 21.7 Å². The molecule has 3 rings (SSSR count). The molecule has 0 heterocycles. The van der Waals surface area contributed by atoms with E-state index in [9.17, 15) is 18.0 Å². The molecular weight excluding hydrogens is 398 g/mol. The van der Waals surface area contributed by atoms with Gasteiger partial charge in [0.2, 0.25) is 10.0 Å². The van der Waals surface area contributed by atoms with Gasteiger partial charge in [-0.05, 0) is 54.9 Å². The highest BCUT2D eigenvalue weighted by Gasteiger charge is 2.28. The van der Waals surface area contributed by atoms with Crippen LogP contribution in [-0.4, -0.2) is 44.6 Å². The second-order valence-corrected chi connectivity index (χ2v) is 9.34. The highest BCUT2D eigenvalue weighted by Crippen LogP contribution is 2.29. The fraction of sp³-hybridized carbons (Fsp3) is 0.263. The summed E-state index contributed by atoms with van der Waals surface area (Å²) < 4.78 is 27.3. The number of carbonyl (C=O) groups is 2. The van der Waals surface area contributed by atoms with Crippen molar-refractivity contribution in [2.75, 3.05) is 19.4 Å². The lowest BCUT2D eigenvalue weighted by Crippen LogP contribution is -2.26. The van der Waals surface area contributed by atoms with Crippen LogP contribution in [0.25, 0.3) is 0 Å². The molecule has 0 aromatic heterocycles. The molecule has 0 saturated heterocycles. The van der Waals surface area contributed by atoms with Crippen LogP contribution in [0.4, 0.5) is 10.5 Å². The Hall–Kier alpha value is -2.36. The lowest BCUT2D eigenvalue weighted by atomic mass is 10.2. The number of carbonyl (C=O) groups excluding carboxylic acids is 2. The van der Waals surface area contributed by atoms with Crippen LogP contribution in [0.5, 0.6) is 0 Å². The Morgan fingerprint density at radius 1 is 1.07 bits per heavy atom. The van der Waals surface area contributed by atoms with Crippen LogP contribution in [0.3, 0.4) is 0 Å². The maximum absolute atomic E-state index is 12.7. The normalized spacial score (nSPS) is 13.8. The van der Waals surface area contributed by atoms with E-state index in [1.807, 2.05) is 0 Å². The number of hydrogen-bond donors (Lipinski definition) is 2. The third kappa shape index (κ3) is 5.12. The number of thioether (sulfide) groups is 1. The highest BCUT2D eigenvalue weighted by molar-refractivity contribution is 8.13. The lowest BCUT2D eigenvalue weighted by molar-refractivity contribution is 0.102. The third-order valence-corrected chi connectivity index (χ3v) is 6.64. The molecule has 0 atom stereocenters.